The molecular formula is C7H18N3P3. The van der Waals surface area contributed by atoms with E-state index in [1.165, 1.54) is 19.3 Å². The smallest absolute Gasteiger partial charge is 0.166 e. The molecule has 0 aliphatic heterocycles. The van der Waals surface area contributed by atoms with Crippen LogP contribution in [0.15, 0.2) is 0 Å². The van der Waals surface area contributed by atoms with Crippen LogP contribution in [-0.4, -0.2) is 13.5 Å². The molecule has 1 rings (SSSR count). The molecule has 6 heteroatoms. The van der Waals surface area contributed by atoms with Crippen molar-refractivity contribution < 1.29 is 0 Å². The van der Waals surface area contributed by atoms with Crippen molar-refractivity contribution in [2.45, 2.75) is 47.0 Å². The SMILES string of the molecule is CC.CCCCC.n1pnpnp1. The Balaban J connectivity index is 0. The molecule has 0 aliphatic carbocycles. The molecule has 1 aromatic heterocycles. The predicted octanol–water partition coefficient (Wildman–Crippen LogP) is 4.83. The van der Waals surface area contributed by atoms with Crippen molar-refractivity contribution in [2.24, 2.45) is 0 Å². The van der Waals surface area contributed by atoms with Crippen molar-refractivity contribution in [3.63, 3.8) is 0 Å². The van der Waals surface area contributed by atoms with Crippen LogP contribution in [0.25, 0.3) is 0 Å². The van der Waals surface area contributed by atoms with Gasteiger partial charge in [-0.1, -0.05) is 47.0 Å². The third kappa shape index (κ3) is 18.9. The molecule has 76 valence electrons. The van der Waals surface area contributed by atoms with Gasteiger partial charge in [0.05, 0.1) is 0 Å². The summed E-state index contributed by atoms with van der Waals surface area (Å²) >= 11 is 0. The number of aromatic nitrogens is 3. The molecule has 0 aromatic carbocycles. The van der Waals surface area contributed by atoms with E-state index in [0.29, 0.717) is 0 Å². The predicted molar refractivity (Wildman–Crippen MR) is 63.9 cm³/mol. The fourth-order valence-electron chi connectivity index (χ4n) is 0.461. The van der Waals surface area contributed by atoms with Gasteiger partial charge in [0.15, 0.2) is 25.5 Å². The quantitative estimate of drug-likeness (QED) is 0.738. The number of unbranched alkanes of at least 4 members (excludes halogenated alkanes) is 2. The Labute approximate surface area is 86.5 Å². The topological polar surface area (TPSA) is 38.7 Å². The lowest BCUT2D eigenvalue weighted by Gasteiger charge is -1.79. The number of hydrogen-bond donors (Lipinski definition) is 0. The highest BCUT2D eigenvalue weighted by atomic mass is 31.1. The summed E-state index contributed by atoms with van der Waals surface area (Å²) in [6.45, 7) is 8.42. The number of hydrogen-bond acceptors (Lipinski definition) is 3. The van der Waals surface area contributed by atoms with Crippen LogP contribution in [0.1, 0.15) is 47.0 Å². The first kappa shape index (κ1) is 15.8. The van der Waals surface area contributed by atoms with Crippen molar-refractivity contribution in [2.75, 3.05) is 0 Å². The first-order valence-corrected chi connectivity index (χ1v) is 7.01. The van der Waals surface area contributed by atoms with Crippen LogP contribution in [0.4, 0.5) is 0 Å². The molecule has 0 spiro atoms. The molecule has 3 nitrogen and oxygen atoms in total. The first-order valence-electron chi connectivity index (χ1n) is 4.61. The summed E-state index contributed by atoms with van der Waals surface area (Å²) < 4.78 is 11.3. The second-order valence-electron chi connectivity index (χ2n) is 1.89. The van der Waals surface area contributed by atoms with Gasteiger partial charge >= 0.3 is 0 Å². The van der Waals surface area contributed by atoms with Crippen molar-refractivity contribution >= 4 is 25.5 Å². The Morgan fingerprint density at radius 1 is 0.769 bits per heavy atom. The van der Waals surface area contributed by atoms with E-state index in [2.05, 4.69) is 27.4 Å². The second-order valence-corrected chi connectivity index (χ2v) is 4.57. The lowest BCUT2D eigenvalue weighted by Crippen LogP contribution is -1.59. The van der Waals surface area contributed by atoms with Crippen LogP contribution in [0.2, 0.25) is 0 Å². The normalized spacial score (nSPS) is 9.23. The van der Waals surface area contributed by atoms with E-state index in [4.69, 9.17) is 0 Å². The molecule has 0 saturated heterocycles. The Morgan fingerprint density at radius 2 is 1.08 bits per heavy atom. The molecule has 13 heavy (non-hydrogen) atoms. The minimum atomic E-state index is 0.830. The second kappa shape index (κ2) is 18.2. The summed E-state index contributed by atoms with van der Waals surface area (Å²) in [6.07, 6.45) is 4.08. The molecule has 0 aliphatic rings. The van der Waals surface area contributed by atoms with Gasteiger partial charge in [0, 0.05) is 0 Å². The summed E-state index contributed by atoms with van der Waals surface area (Å²) in [5.41, 5.74) is 0. The highest BCUT2D eigenvalue weighted by Gasteiger charge is 1.68. The van der Waals surface area contributed by atoms with E-state index in [0.717, 1.165) is 25.5 Å². The average molecular weight is 237 g/mol. The van der Waals surface area contributed by atoms with Crippen LogP contribution in [0, 0.1) is 0 Å². The Bertz CT molecular complexity index is 122. The zero-order valence-electron chi connectivity index (χ0n) is 8.80. The minimum absolute atomic E-state index is 0.830. The Kier molecular flexibility index (Phi) is 22.0. The molecule has 0 saturated carbocycles. The third-order valence-corrected chi connectivity index (χ3v) is 2.87. The summed E-state index contributed by atoms with van der Waals surface area (Å²) in [5, 5.41) is 0. The standard InChI is InChI=1S/C5H12.C2H6.N3P3/c1-3-5-4-2;1-2;1-4-2-6-3-5-1/h3-5H2,1-2H3;1-2H3;. The van der Waals surface area contributed by atoms with E-state index in [-0.39, 0.29) is 0 Å². The van der Waals surface area contributed by atoms with Crippen LogP contribution >= 0.6 is 25.5 Å². The lowest BCUT2D eigenvalue weighted by molar-refractivity contribution is 0.772. The maximum atomic E-state index is 3.78. The van der Waals surface area contributed by atoms with Gasteiger partial charge in [0.25, 0.3) is 0 Å². The van der Waals surface area contributed by atoms with Crippen LogP contribution in [0.3, 0.4) is 0 Å². The largest absolute Gasteiger partial charge is 0.166 e. The van der Waals surface area contributed by atoms with Gasteiger partial charge in [-0.2, -0.15) is 13.5 Å². The number of rotatable bonds is 2. The van der Waals surface area contributed by atoms with Gasteiger partial charge in [0.1, 0.15) is 0 Å². The molecule has 0 unspecified atom stereocenters. The Morgan fingerprint density at radius 3 is 1.15 bits per heavy atom. The maximum Gasteiger partial charge on any atom is 0.166 e. The van der Waals surface area contributed by atoms with Crippen LogP contribution in [-0.2, 0) is 0 Å². The van der Waals surface area contributed by atoms with Crippen LogP contribution in [0.5, 0.6) is 0 Å². The molecule has 0 bridgehead atoms. The summed E-state index contributed by atoms with van der Waals surface area (Å²) in [7, 11) is 2.49. The van der Waals surface area contributed by atoms with E-state index in [1.54, 1.807) is 0 Å². The fourth-order valence-corrected chi connectivity index (χ4v) is 2.29. The van der Waals surface area contributed by atoms with Gasteiger partial charge in [-0.25, -0.2) is 0 Å². The van der Waals surface area contributed by atoms with Crippen molar-refractivity contribution in [1.29, 1.82) is 0 Å². The zero-order valence-corrected chi connectivity index (χ0v) is 11.5. The van der Waals surface area contributed by atoms with Crippen LogP contribution < -0.4 is 0 Å². The van der Waals surface area contributed by atoms with E-state index in [1.807, 2.05) is 13.8 Å². The minimum Gasteiger partial charge on any atom is -0.166 e. The monoisotopic (exact) mass is 237 g/mol. The molecular weight excluding hydrogens is 219 g/mol. The van der Waals surface area contributed by atoms with Gasteiger partial charge < -0.3 is 0 Å². The van der Waals surface area contributed by atoms with Gasteiger partial charge in [0.2, 0.25) is 0 Å². The van der Waals surface area contributed by atoms with E-state index < -0.39 is 0 Å². The van der Waals surface area contributed by atoms with E-state index >= 15 is 0 Å². The number of nitrogens with zero attached hydrogens (tertiary/aromatic N) is 3. The summed E-state index contributed by atoms with van der Waals surface area (Å²) in [4.78, 5) is 0. The average Bonchev–Trinajstić information content (AvgIpc) is 2.25. The van der Waals surface area contributed by atoms with Gasteiger partial charge in [-0.05, 0) is 0 Å². The molecule has 0 atom stereocenters. The third-order valence-electron chi connectivity index (χ3n) is 0.947. The van der Waals surface area contributed by atoms with Crippen molar-refractivity contribution in [1.82, 2.24) is 13.5 Å². The van der Waals surface area contributed by atoms with Crippen molar-refractivity contribution in [3.8, 4) is 0 Å². The molecule has 1 heterocycles. The molecule has 0 fully saturated rings. The zero-order chi connectivity index (χ0) is 10.4. The summed E-state index contributed by atoms with van der Waals surface area (Å²) in [5.74, 6) is 0. The van der Waals surface area contributed by atoms with Gasteiger partial charge in [-0.15, -0.1) is 0 Å². The first-order chi connectivity index (χ1) is 6.41. The highest BCUT2D eigenvalue weighted by molar-refractivity contribution is 7.43. The molecule has 1 aromatic rings. The fraction of sp³-hybridized carbons (Fsp3) is 1.00. The van der Waals surface area contributed by atoms with Crippen molar-refractivity contribution in [3.05, 3.63) is 0 Å². The molecule has 0 radical (unpaired) electrons. The summed E-state index contributed by atoms with van der Waals surface area (Å²) in [6, 6.07) is 0. The molecule has 0 N–H and O–H groups in total. The highest BCUT2D eigenvalue weighted by Crippen LogP contribution is 2.01. The maximum absolute atomic E-state index is 3.78. The lowest BCUT2D eigenvalue weighted by atomic mass is 10.3. The molecule has 0 amide bonds. The van der Waals surface area contributed by atoms with Gasteiger partial charge in [-0.3, -0.25) is 0 Å². The van der Waals surface area contributed by atoms with E-state index in [9.17, 15) is 0 Å². The Hall–Kier alpha value is 0.300.